The second-order valence-corrected chi connectivity index (χ2v) is 7.39. The summed E-state index contributed by atoms with van der Waals surface area (Å²) in [6.07, 6.45) is 0. The maximum Gasteiger partial charge on any atom is 0.320 e. The van der Waals surface area contributed by atoms with Crippen LogP contribution in [0.2, 0.25) is 0 Å². The van der Waals surface area contributed by atoms with Gasteiger partial charge in [0.2, 0.25) is 0 Å². The predicted molar refractivity (Wildman–Crippen MR) is 109 cm³/mol. The minimum absolute atomic E-state index is 0.196. The molecule has 0 saturated carbocycles. The van der Waals surface area contributed by atoms with E-state index in [1.54, 1.807) is 19.1 Å². The van der Waals surface area contributed by atoms with Crippen LogP contribution in [0, 0.1) is 0 Å². The Morgan fingerprint density at radius 1 is 0.897 bits per heavy atom. The van der Waals surface area contributed by atoms with E-state index >= 15 is 0 Å². The van der Waals surface area contributed by atoms with Crippen molar-refractivity contribution in [2.45, 2.75) is 6.92 Å². The summed E-state index contributed by atoms with van der Waals surface area (Å²) in [6.45, 7) is 6.62. The Balaban J connectivity index is 1.37. The summed E-state index contributed by atoms with van der Waals surface area (Å²) in [5.74, 6) is -0.640. The van der Waals surface area contributed by atoms with Crippen LogP contribution >= 0.6 is 0 Å². The molecule has 4 rings (SSSR count). The molecule has 7 nitrogen and oxygen atoms in total. The predicted octanol–water partition coefficient (Wildman–Crippen LogP) is 1.62. The Morgan fingerprint density at radius 2 is 1.48 bits per heavy atom. The van der Waals surface area contributed by atoms with Gasteiger partial charge >= 0.3 is 5.97 Å². The number of hydrogen-bond donors (Lipinski definition) is 0. The van der Waals surface area contributed by atoms with Gasteiger partial charge in [-0.25, -0.2) is 0 Å². The van der Waals surface area contributed by atoms with Gasteiger partial charge in [-0.2, -0.15) is 0 Å². The molecule has 0 atom stereocenters. The normalized spacial score (nSPS) is 17.8. The molecule has 0 aliphatic carbocycles. The molecular weight excluding hydrogens is 370 g/mol. The van der Waals surface area contributed by atoms with Gasteiger partial charge in [0.25, 0.3) is 11.8 Å². The molecule has 0 bridgehead atoms. The van der Waals surface area contributed by atoms with Gasteiger partial charge in [0.1, 0.15) is 0 Å². The van der Waals surface area contributed by atoms with Crippen molar-refractivity contribution in [2.75, 3.05) is 52.4 Å². The van der Waals surface area contributed by atoms with Gasteiger partial charge in [-0.1, -0.05) is 24.3 Å². The largest absolute Gasteiger partial charge is 0.465 e. The van der Waals surface area contributed by atoms with Crippen molar-refractivity contribution >= 4 is 28.6 Å². The average molecular weight is 395 g/mol. The number of amides is 2. The van der Waals surface area contributed by atoms with E-state index in [-0.39, 0.29) is 17.8 Å². The zero-order valence-corrected chi connectivity index (χ0v) is 16.6. The van der Waals surface area contributed by atoms with E-state index in [1.807, 2.05) is 24.3 Å². The summed E-state index contributed by atoms with van der Waals surface area (Å²) in [6, 6.07) is 11.2. The Kier molecular flexibility index (Phi) is 5.60. The molecule has 2 aromatic rings. The molecule has 2 amide bonds. The van der Waals surface area contributed by atoms with Gasteiger partial charge in [-0.3, -0.25) is 29.1 Å². The van der Waals surface area contributed by atoms with Gasteiger partial charge in [0.15, 0.2) is 0 Å². The number of nitrogens with zero attached hydrogens (tertiary/aromatic N) is 3. The minimum atomic E-state index is -0.222. The number of ether oxygens (including phenoxy) is 1. The van der Waals surface area contributed by atoms with E-state index in [0.717, 1.165) is 37.0 Å². The lowest BCUT2D eigenvalue weighted by atomic mass is 9.94. The highest BCUT2D eigenvalue weighted by atomic mass is 16.5. The fourth-order valence-corrected chi connectivity index (χ4v) is 4.09. The number of rotatable bonds is 6. The molecule has 0 spiro atoms. The second-order valence-electron chi connectivity index (χ2n) is 7.39. The summed E-state index contributed by atoms with van der Waals surface area (Å²) in [7, 11) is 0. The monoisotopic (exact) mass is 395 g/mol. The molecule has 2 aliphatic heterocycles. The number of benzene rings is 2. The van der Waals surface area contributed by atoms with Gasteiger partial charge in [-0.05, 0) is 24.4 Å². The Morgan fingerprint density at radius 3 is 2.07 bits per heavy atom. The summed E-state index contributed by atoms with van der Waals surface area (Å²) in [4.78, 5) is 43.2. The fourth-order valence-electron chi connectivity index (χ4n) is 4.09. The molecular formula is C22H25N3O4. The third-order valence-corrected chi connectivity index (χ3v) is 5.62. The van der Waals surface area contributed by atoms with E-state index < -0.39 is 0 Å². The molecule has 1 saturated heterocycles. The first-order valence-corrected chi connectivity index (χ1v) is 10.1. The van der Waals surface area contributed by atoms with Crippen LogP contribution in [-0.2, 0) is 9.53 Å². The van der Waals surface area contributed by atoms with Crippen molar-refractivity contribution < 1.29 is 19.1 Å². The second kappa shape index (κ2) is 8.31. The molecule has 2 aromatic carbocycles. The Bertz CT molecular complexity index is 899. The number of piperazine rings is 1. The van der Waals surface area contributed by atoms with Crippen LogP contribution in [-0.4, -0.2) is 84.9 Å². The van der Waals surface area contributed by atoms with Crippen molar-refractivity contribution in [1.29, 1.82) is 0 Å². The summed E-state index contributed by atoms with van der Waals surface area (Å²) in [5, 5.41) is 1.67. The zero-order chi connectivity index (χ0) is 20.4. The van der Waals surface area contributed by atoms with Crippen molar-refractivity contribution in [3.05, 3.63) is 47.5 Å². The maximum atomic E-state index is 12.9. The van der Waals surface area contributed by atoms with E-state index in [9.17, 15) is 14.4 Å². The quantitative estimate of drug-likeness (QED) is 0.547. The lowest BCUT2D eigenvalue weighted by molar-refractivity contribution is -0.144. The van der Waals surface area contributed by atoms with E-state index in [2.05, 4.69) is 9.80 Å². The summed E-state index contributed by atoms with van der Waals surface area (Å²) < 4.78 is 5.00. The molecule has 2 aliphatic rings. The van der Waals surface area contributed by atoms with Crippen LogP contribution in [0.15, 0.2) is 36.4 Å². The van der Waals surface area contributed by atoms with Crippen LogP contribution in [0.4, 0.5) is 0 Å². The van der Waals surface area contributed by atoms with Gasteiger partial charge in [0.05, 0.1) is 13.2 Å². The highest BCUT2D eigenvalue weighted by Crippen LogP contribution is 2.29. The summed E-state index contributed by atoms with van der Waals surface area (Å²) >= 11 is 0. The van der Waals surface area contributed by atoms with Crippen molar-refractivity contribution in [3.63, 3.8) is 0 Å². The molecule has 0 aromatic heterocycles. The number of carbonyl (C=O) groups is 3. The molecule has 2 heterocycles. The minimum Gasteiger partial charge on any atom is -0.465 e. The zero-order valence-electron chi connectivity index (χ0n) is 16.6. The maximum absolute atomic E-state index is 12.9. The van der Waals surface area contributed by atoms with Gasteiger partial charge < -0.3 is 4.74 Å². The Labute approximate surface area is 169 Å². The number of esters is 1. The molecule has 0 radical (unpaired) electrons. The van der Waals surface area contributed by atoms with Crippen LogP contribution < -0.4 is 0 Å². The standard InChI is InChI=1S/C22H25N3O4/c1-2-29-19(26)15-24-11-9-23(10-12-24)13-14-25-21(27)17-7-3-5-16-6-4-8-18(20(16)17)22(25)28/h3-8H,2,9-15H2,1H3. The topological polar surface area (TPSA) is 70.2 Å². The third kappa shape index (κ3) is 3.88. The number of imide groups is 1. The molecule has 7 heteroatoms. The smallest absolute Gasteiger partial charge is 0.320 e. The number of carbonyl (C=O) groups excluding carboxylic acids is 3. The Hall–Kier alpha value is -2.77. The van der Waals surface area contributed by atoms with Crippen molar-refractivity contribution in [2.24, 2.45) is 0 Å². The highest BCUT2D eigenvalue weighted by Gasteiger charge is 2.32. The van der Waals surface area contributed by atoms with Crippen molar-refractivity contribution in [3.8, 4) is 0 Å². The van der Waals surface area contributed by atoms with Crippen molar-refractivity contribution in [1.82, 2.24) is 14.7 Å². The van der Waals surface area contributed by atoms with Crippen LogP contribution in [0.25, 0.3) is 10.8 Å². The highest BCUT2D eigenvalue weighted by molar-refractivity contribution is 6.25. The molecule has 0 unspecified atom stereocenters. The fraction of sp³-hybridized carbons (Fsp3) is 0.409. The van der Waals surface area contributed by atoms with E-state index in [0.29, 0.717) is 37.4 Å². The first-order valence-electron chi connectivity index (χ1n) is 10.1. The van der Waals surface area contributed by atoms with Crippen LogP contribution in [0.5, 0.6) is 0 Å². The molecule has 29 heavy (non-hydrogen) atoms. The number of hydrogen-bond acceptors (Lipinski definition) is 6. The van der Waals surface area contributed by atoms with Crippen LogP contribution in [0.3, 0.4) is 0 Å². The first kappa shape index (κ1) is 19.5. The molecule has 0 N–H and O–H groups in total. The lowest BCUT2D eigenvalue weighted by Crippen LogP contribution is -2.51. The van der Waals surface area contributed by atoms with E-state index in [1.165, 1.54) is 4.90 Å². The average Bonchev–Trinajstić information content (AvgIpc) is 2.73. The molecule has 152 valence electrons. The SMILES string of the molecule is CCOC(=O)CN1CCN(CCN2C(=O)c3cccc4cccc(c34)C2=O)CC1. The first-order chi connectivity index (χ1) is 14.1. The molecule has 1 fully saturated rings. The summed E-state index contributed by atoms with van der Waals surface area (Å²) in [5.41, 5.74) is 1.19. The van der Waals surface area contributed by atoms with Gasteiger partial charge in [-0.15, -0.1) is 0 Å². The third-order valence-electron chi connectivity index (χ3n) is 5.62. The van der Waals surface area contributed by atoms with E-state index in [4.69, 9.17) is 4.74 Å². The van der Waals surface area contributed by atoms with Crippen LogP contribution in [0.1, 0.15) is 27.6 Å². The lowest BCUT2D eigenvalue weighted by Gasteiger charge is -2.35. The van der Waals surface area contributed by atoms with Gasteiger partial charge in [0, 0.05) is 55.8 Å².